The van der Waals surface area contributed by atoms with Gasteiger partial charge in [0.2, 0.25) is 12.7 Å². The lowest BCUT2D eigenvalue weighted by molar-refractivity contribution is -0.127. The minimum absolute atomic E-state index is 0.102. The number of amides is 1. The highest BCUT2D eigenvalue weighted by Crippen LogP contribution is 2.34. The average molecular weight is 472 g/mol. The second-order valence-corrected chi connectivity index (χ2v) is 10.1. The molecule has 1 atom stereocenters. The number of hydrogen-bond donors (Lipinski definition) is 1. The summed E-state index contributed by atoms with van der Waals surface area (Å²) in [5.41, 5.74) is 3.67. The maximum atomic E-state index is 12.9. The minimum Gasteiger partial charge on any atom is -0.454 e. The molecule has 6 rings (SSSR count). The summed E-state index contributed by atoms with van der Waals surface area (Å²) in [4.78, 5) is 21.0. The number of aromatic amines is 1. The molecule has 1 unspecified atom stereocenters. The number of carbonyl (C=O) groups is 1. The van der Waals surface area contributed by atoms with E-state index in [1.165, 1.54) is 35.7 Å². The van der Waals surface area contributed by atoms with Crippen LogP contribution >= 0.6 is 0 Å². The van der Waals surface area contributed by atoms with E-state index < -0.39 is 0 Å². The predicted octanol–water partition coefficient (Wildman–Crippen LogP) is 5.03. The van der Waals surface area contributed by atoms with Gasteiger partial charge < -0.3 is 24.3 Å². The summed E-state index contributed by atoms with van der Waals surface area (Å²) in [5, 5.41) is 1.38. The van der Waals surface area contributed by atoms with Gasteiger partial charge in [0.15, 0.2) is 11.5 Å². The molecule has 182 valence electrons. The first-order valence-electron chi connectivity index (χ1n) is 12.9. The molecule has 1 N–H and O–H groups in total. The van der Waals surface area contributed by atoms with Gasteiger partial charge in [0.1, 0.15) is 0 Å². The van der Waals surface area contributed by atoms with Gasteiger partial charge in [0.25, 0.3) is 0 Å². The first-order chi connectivity index (χ1) is 17.2. The molecule has 0 bridgehead atoms. The fourth-order valence-corrected chi connectivity index (χ4v) is 5.93. The summed E-state index contributed by atoms with van der Waals surface area (Å²) in [7, 11) is 0. The third-order valence-corrected chi connectivity index (χ3v) is 7.81. The number of ether oxygens (including phenoxy) is 2. The molecular weight excluding hydrogens is 438 g/mol. The lowest BCUT2D eigenvalue weighted by Gasteiger charge is -2.38. The van der Waals surface area contributed by atoms with E-state index in [2.05, 4.69) is 40.3 Å². The predicted molar refractivity (Wildman–Crippen MR) is 138 cm³/mol. The quantitative estimate of drug-likeness (QED) is 0.531. The molecule has 35 heavy (non-hydrogen) atoms. The first-order valence-corrected chi connectivity index (χ1v) is 12.9. The molecular formula is C29H33N3O3. The Hall–Kier alpha value is -3.25. The molecule has 1 amide bonds. The van der Waals surface area contributed by atoms with Crippen LogP contribution in [0.4, 0.5) is 0 Å². The topological polar surface area (TPSA) is 57.8 Å². The second-order valence-electron chi connectivity index (χ2n) is 10.1. The Balaban J connectivity index is 1.01. The first kappa shape index (κ1) is 22.2. The molecule has 3 aliphatic rings. The molecule has 6 heteroatoms. The maximum Gasteiger partial charge on any atom is 0.246 e. The highest BCUT2D eigenvalue weighted by molar-refractivity contribution is 5.92. The van der Waals surface area contributed by atoms with Gasteiger partial charge in [-0.3, -0.25) is 4.79 Å². The SMILES string of the molecule is O=C(C=Cc1ccc2c(c1)OCO2)N1CCCC(CN2CCC(c3c[nH]c4ccccc34)CC2)C1. The molecule has 3 aliphatic heterocycles. The number of para-hydroxylation sites is 1. The summed E-state index contributed by atoms with van der Waals surface area (Å²) < 4.78 is 10.8. The van der Waals surface area contributed by atoms with Crippen LogP contribution in [-0.4, -0.2) is 60.2 Å². The molecule has 2 saturated heterocycles. The molecule has 6 nitrogen and oxygen atoms in total. The van der Waals surface area contributed by atoms with E-state index in [-0.39, 0.29) is 12.7 Å². The molecule has 2 fully saturated rings. The summed E-state index contributed by atoms with van der Waals surface area (Å²) in [6.45, 7) is 5.33. The number of rotatable bonds is 5. The average Bonchev–Trinajstić information content (AvgIpc) is 3.55. The van der Waals surface area contributed by atoms with Gasteiger partial charge >= 0.3 is 0 Å². The van der Waals surface area contributed by atoms with Crippen molar-refractivity contribution < 1.29 is 14.3 Å². The summed E-state index contributed by atoms with van der Waals surface area (Å²) in [6, 6.07) is 14.4. The van der Waals surface area contributed by atoms with Crippen LogP contribution in [0.3, 0.4) is 0 Å². The smallest absolute Gasteiger partial charge is 0.246 e. The van der Waals surface area contributed by atoms with E-state index in [0.717, 1.165) is 56.2 Å². The lowest BCUT2D eigenvalue weighted by atomic mass is 9.88. The van der Waals surface area contributed by atoms with Crippen LogP contribution < -0.4 is 9.47 Å². The van der Waals surface area contributed by atoms with Crippen LogP contribution in [0.25, 0.3) is 17.0 Å². The van der Waals surface area contributed by atoms with Crippen molar-refractivity contribution in [2.75, 3.05) is 39.5 Å². The Morgan fingerprint density at radius 2 is 1.89 bits per heavy atom. The monoisotopic (exact) mass is 471 g/mol. The zero-order chi connectivity index (χ0) is 23.6. The molecule has 0 radical (unpaired) electrons. The number of H-pyrrole nitrogens is 1. The fourth-order valence-electron chi connectivity index (χ4n) is 5.93. The number of likely N-dealkylation sites (tertiary alicyclic amines) is 2. The Morgan fingerprint density at radius 3 is 2.80 bits per heavy atom. The van der Waals surface area contributed by atoms with E-state index >= 15 is 0 Å². The number of nitrogens with zero attached hydrogens (tertiary/aromatic N) is 2. The van der Waals surface area contributed by atoms with Crippen LogP contribution in [0, 0.1) is 5.92 Å². The van der Waals surface area contributed by atoms with E-state index in [0.29, 0.717) is 11.8 Å². The molecule has 0 saturated carbocycles. The number of piperidine rings is 2. The summed E-state index contributed by atoms with van der Waals surface area (Å²) >= 11 is 0. The van der Waals surface area contributed by atoms with E-state index in [4.69, 9.17) is 9.47 Å². The summed E-state index contributed by atoms with van der Waals surface area (Å²) in [5.74, 6) is 2.79. The van der Waals surface area contributed by atoms with Gasteiger partial charge in [-0.2, -0.15) is 0 Å². The third-order valence-electron chi connectivity index (χ3n) is 7.81. The highest BCUT2D eigenvalue weighted by Gasteiger charge is 2.27. The molecule has 1 aromatic heterocycles. The van der Waals surface area contributed by atoms with Gasteiger partial charge in [-0.15, -0.1) is 0 Å². The van der Waals surface area contributed by atoms with E-state index in [1.54, 1.807) is 6.08 Å². The summed E-state index contributed by atoms with van der Waals surface area (Å²) in [6.07, 6.45) is 10.5. The Kier molecular flexibility index (Phi) is 6.21. The van der Waals surface area contributed by atoms with Gasteiger partial charge in [-0.05, 0) is 86.0 Å². The third kappa shape index (κ3) is 4.80. The van der Waals surface area contributed by atoms with Crippen LogP contribution in [0.1, 0.15) is 42.7 Å². The fraction of sp³-hybridized carbons (Fsp3) is 0.414. The van der Waals surface area contributed by atoms with Gasteiger partial charge in [-0.25, -0.2) is 0 Å². The van der Waals surface area contributed by atoms with E-state index in [9.17, 15) is 4.79 Å². The number of carbonyl (C=O) groups excluding carboxylic acids is 1. The number of aromatic nitrogens is 1. The second kappa shape index (κ2) is 9.78. The number of benzene rings is 2. The number of hydrogen-bond acceptors (Lipinski definition) is 4. The van der Waals surface area contributed by atoms with Gasteiger partial charge in [0, 0.05) is 42.8 Å². The molecule has 0 spiro atoms. The Labute approximate surface area is 206 Å². The van der Waals surface area contributed by atoms with E-state index in [1.807, 2.05) is 29.2 Å². The van der Waals surface area contributed by atoms with Crippen molar-refractivity contribution in [3.05, 3.63) is 65.9 Å². The number of nitrogens with one attached hydrogen (secondary N) is 1. The molecule has 4 heterocycles. The van der Waals surface area contributed by atoms with Crippen LogP contribution in [0.2, 0.25) is 0 Å². The maximum absolute atomic E-state index is 12.9. The Morgan fingerprint density at radius 1 is 1.03 bits per heavy atom. The van der Waals surface area contributed by atoms with Crippen LogP contribution in [0.5, 0.6) is 11.5 Å². The standard InChI is InChI=1S/C29H33N3O3/c33-29(10-8-21-7-9-27-28(16-21)35-20-34-27)32-13-3-4-22(19-32)18-31-14-11-23(12-15-31)25-17-30-26-6-2-1-5-24(25)26/h1-2,5-10,16-17,22-23,30H,3-4,11-15,18-20H2. The van der Waals surface area contributed by atoms with Crippen LogP contribution in [-0.2, 0) is 4.79 Å². The number of fused-ring (bicyclic) bond motifs is 2. The van der Waals surface area contributed by atoms with Gasteiger partial charge in [-0.1, -0.05) is 24.3 Å². The Bertz CT molecular complexity index is 1220. The van der Waals surface area contributed by atoms with Gasteiger partial charge in [0.05, 0.1) is 0 Å². The lowest BCUT2D eigenvalue weighted by Crippen LogP contribution is -2.44. The van der Waals surface area contributed by atoms with Crippen LogP contribution in [0.15, 0.2) is 54.7 Å². The van der Waals surface area contributed by atoms with Crippen molar-refractivity contribution in [1.29, 1.82) is 0 Å². The van der Waals surface area contributed by atoms with Crippen molar-refractivity contribution in [2.24, 2.45) is 5.92 Å². The largest absolute Gasteiger partial charge is 0.454 e. The molecule has 0 aliphatic carbocycles. The minimum atomic E-state index is 0.102. The molecule has 3 aromatic rings. The van der Waals surface area contributed by atoms with Crippen molar-refractivity contribution in [3.63, 3.8) is 0 Å². The zero-order valence-corrected chi connectivity index (χ0v) is 20.1. The zero-order valence-electron chi connectivity index (χ0n) is 20.1. The van der Waals surface area contributed by atoms with Crippen molar-refractivity contribution in [1.82, 2.24) is 14.8 Å². The normalized spacial score (nSPS) is 21.3. The highest BCUT2D eigenvalue weighted by atomic mass is 16.7. The van der Waals surface area contributed by atoms with Crippen molar-refractivity contribution in [3.8, 4) is 11.5 Å². The molecule has 2 aromatic carbocycles. The van der Waals surface area contributed by atoms with Crippen molar-refractivity contribution >= 4 is 22.9 Å². The van der Waals surface area contributed by atoms with Crippen molar-refractivity contribution in [2.45, 2.75) is 31.6 Å².